The van der Waals surface area contributed by atoms with E-state index in [9.17, 15) is 9.46 Å². The fourth-order valence-corrected chi connectivity index (χ4v) is 5.40. The molecule has 3 aromatic rings. The van der Waals surface area contributed by atoms with Crippen LogP contribution in [0.2, 0.25) is 0 Å². The lowest BCUT2D eigenvalue weighted by Crippen LogP contribution is -2.21. The molecule has 4 rings (SSSR count). The van der Waals surface area contributed by atoms with Crippen molar-refractivity contribution in [2.45, 2.75) is 65.5 Å². The highest BCUT2D eigenvalue weighted by atomic mass is 31.2. The highest BCUT2D eigenvalue weighted by Gasteiger charge is 2.29. The van der Waals surface area contributed by atoms with E-state index in [0.29, 0.717) is 18.5 Å². The van der Waals surface area contributed by atoms with Crippen molar-refractivity contribution in [1.82, 2.24) is 4.98 Å². The molecule has 7 heteroatoms. The Kier molecular flexibility index (Phi) is 7.62. The van der Waals surface area contributed by atoms with Gasteiger partial charge in [0.1, 0.15) is 0 Å². The van der Waals surface area contributed by atoms with Crippen molar-refractivity contribution in [1.29, 1.82) is 0 Å². The smallest absolute Gasteiger partial charge is 0.353 e. The van der Waals surface area contributed by atoms with E-state index >= 15 is 0 Å². The maximum Gasteiger partial charge on any atom is 0.361 e. The summed E-state index contributed by atoms with van der Waals surface area (Å²) in [4.78, 5) is 15.4. The highest BCUT2D eigenvalue weighted by molar-refractivity contribution is 7.61. The van der Waals surface area contributed by atoms with Gasteiger partial charge in [-0.15, -0.1) is 0 Å². The molecule has 0 saturated carbocycles. The topological polar surface area (TPSA) is 77.9 Å². The molecule has 33 heavy (non-hydrogen) atoms. The van der Waals surface area contributed by atoms with Crippen LogP contribution in [0.4, 0.5) is 0 Å². The van der Waals surface area contributed by atoms with E-state index in [-0.39, 0.29) is 17.7 Å². The summed E-state index contributed by atoms with van der Waals surface area (Å²) in [6.07, 6.45) is 3.35. The Balaban J connectivity index is 1.63. The number of ether oxygens (including phenoxy) is 2. The van der Waals surface area contributed by atoms with Gasteiger partial charge in [-0.3, -0.25) is 9.55 Å². The summed E-state index contributed by atoms with van der Waals surface area (Å²) in [6, 6.07) is 15.6. The first-order valence-electron chi connectivity index (χ1n) is 11.6. The number of hydrogen-bond acceptors (Lipinski definition) is 5. The zero-order valence-electron chi connectivity index (χ0n) is 19.5. The van der Waals surface area contributed by atoms with Gasteiger partial charge < -0.3 is 18.9 Å². The number of aryl methyl sites for hydroxylation is 1. The molecule has 0 aliphatic carbocycles. The number of rotatable bonds is 8. The predicted octanol–water partition coefficient (Wildman–Crippen LogP) is 5.88. The van der Waals surface area contributed by atoms with Crippen molar-refractivity contribution in [3.05, 3.63) is 59.8 Å². The number of nitrogens with zero attached hydrogens (tertiary/aromatic N) is 1. The van der Waals surface area contributed by atoms with Gasteiger partial charge in [-0.2, -0.15) is 0 Å². The van der Waals surface area contributed by atoms with Crippen molar-refractivity contribution < 1.29 is 23.5 Å². The van der Waals surface area contributed by atoms with Crippen LogP contribution in [0.3, 0.4) is 0 Å². The third kappa shape index (κ3) is 5.89. The van der Waals surface area contributed by atoms with Gasteiger partial charge in [0.15, 0.2) is 6.29 Å². The molecule has 6 nitrogen and oxygen atoms in total. The lowest BCUT2D eigenvalue weighted by molar-refractivity contribution is -0.168. The molecule has 2 aromatic carbocycles. The second kappa shape index (κ2) is 10.5. The third-order valence-corrected chi connectivity index (χ3v) is 7.57. The van der Waals surface area contributed by atoms with E-state index in [1.165, 1.54) is 0 Å². The Bertz CT molecular complexity index is 1140. The van der Waals surface area contributed by atoms with E-state index in [4.69, 9.17) is 14.0 Å². The first-order valence-corrected chi connectivity index (χ1v) is 13.2. The summed E-state index contributed by atoms with van der Waals surface area (Å²) < 4.78 is 30.3. The summed E-state index contributed by atoms with van der Waals surface area (Å²) in [5.41, 5.74) is 4.13. The molecule has 3 unspecified atom stereocenters. The van der Waals surface area contributed by atoms with Crippen LogP contribution in [0.15, 0.2) is 48.5 Å². The van der Waals surface area contributed by atoms with Crippen LogP contribution in [-0.4, -0.2) is 28.9 Å². The van der Waals surface area contributed by atoms with Gasteiger partial charge in [-0.05, 0) is 74.4 Å². The maximum atomic E-state index is 13.2. The molecular weight excluding hydrogens is 437 g/mol. The van der Waals surface area contributed by atoms with Crippen LogP contribution >= 0.6 is 7.60 Å². The zero-order chi connectivity index (χ0) is 23.4. The van der Waals surface area contributed by atoms with Gasteiger partial charge in [0, 0.05) is 17.7 Å². The molecule has 1 fully saturated rings. The second-order valence-corrected chi connectivity index (χ2v) is 10.4. The molecule has 2 heterocycles. The normalized spacial score (nSPS) is 19.3. The van der Waals surface area contributed by atoms with Gasteiger partial charge in [-0.1, -0.05) is 37.3 Å². The zero-order valence-corrected chi connectivity index (χ0v) is 20.4. The molecule has 3 atom stereocenters. The van der Waals surface area contributed by atoms with Crippen LogP contribution in [0.5, 0.6) is 0 Å². The first kappa shape index (κ1) is 24.1. The molecule has 0 radical (unpaired) electrons. The molecule has 1 N–H and O–H groups in total. The van der Waals surface area contributed by atoms with E-state index < -0.39 is 7.60 Å². The lowest BCUT2D eigenvalue weighted by Gasteiger charge is -2.22. The van der Waals surface area contributed by atoms with Gasteiger partial charge in [-0.25, -0.2) is 0 Å². The van der Waals surface area contributed by atoms with Crippen molar-refractivity contribution >= 4 is 23.8 Å². The average molecular weight is 470 g/mol. The second-order valence-electron chi connectivity index (χ2n) is 8.67. The average Bonchev–Trinajstić information content (AvgIpc) is 2.82. The van der Waals surface area contributed by atoms with Gasteiger partial charge >= 0.3 is 7.60 Å². The van der Waals surface area contributed by atoms with Gasteiger partial charge in [0.2, 0.25) is 0 Å². The molecule has 1 aromatic heterocycles. The number of hydrogen-bond donors (Lipinski definition) is 1. The Hall–Kier alpha value is -2.08. The third-order valence-electron chi connectivity index (χ3n) is 5.97. The van der Waals surface area contributed by atoms with Crippen LogP contribution in [0.1, 0.15) is 50.8 Å². The Labute approximate surface area is 195 Å². The molecular formula is C26H32NO5P. The lowest BCUT2D eigenvalue weighted by atomic mass is 10.0. The van der Waals surface area contributed by atoms with Gasteiger partial charge in [0.25, 0.3) is 0 Å². The van der Waals surface area contributed by atoms with E-state index in [1.807, 2.05) is 56.3 Å². The largest absolute Gasteiger partial charge is 0.361 e. The van der Waals surface area contributed by atoms with Crippen molar-refractivity contribution in [3.63, 3.8) is 0 Å². The molecule has 0 amide bonds. The maximum absolute atomic E-state index is 13.2. The van der Waals surface area contributed by atoms with Crippen molar-refractivity contribution in [3.8, 4) is 11.1 Å². The van der Waals surface area contributed by atoms with Crippen molar-refractivity contribution in [2.75, 3.05) is 6.61 Å². The number of aromatic nitrogens is 1. The van der Waals surface area contributed by atoms with Gasteiger partial charge in [0.05, 0.1) is 23.5 Å². The summed E-state index contributed by atoms with van der Waals surface area (Å²) in [5, 5.41) is 1.04. The first-order chi connectivity index (χ1) is 15.9. The molecule has 0 bridgehead atoms. The molecule has 1 aliphatic rings. The van der Waals surface area contributed by atoms with Crippen LogP contribution in [0, 0.1) is 6.92 Å². The van der Waals surface area contributed by atoms with E-state index in [2.05, 4.69) is 4.98 Å². The number of fused-ring (bicyclic) bond motifs is 1. The highest BCUT2D eigenvalue weighted by Crippen LogP contribution is 2.45. The summed E-state index contributed by atoms with van der Waals surface area (Å²) in [7, 11) is -4.06. The fourth-order valence-electron chi connectivity index (χ4n) is 3.90. The van der Waals surface area contributed by atoms with E-state index in [1.54, 1.807) is 13.0 Å². The molecule has 0 spiro atoms. The monoisotopic (exact) mass is 469 g/mol. The minimum absolute atomic E-state index is 0.123. The molecule has 176 valence electrons. The van der Waals surface area contributed by atoms with E-state index in [0.717, 1.165) is 53.6 Å². The Morgan fingerprint density at radius 2 is 1.94 bits per heavy atom. The Morgan fingerprint density at radius 3 is 2.64 bits per heavy atom. The quantitative estimate of drug-likeness (QED) is 0.415. The minimum Gasteiger partial charge on any atom is -0.353 e. The van der Waals surface area contributed by atoms with Crippen LogP contribution in [-0.2, 0) is 25.2 Å². The number of benzene rings is 2. The fraction of sp³-hybridized carbons (Fsp3) is 0.423. The number of pyridine rings is 1. The summed E-state index contributed by atoms with van der Waals surface area (Å²) in [6.45, 7) is 6.84. The standard InChI is InChI=1S/C26H32NO5P/c1-4-19(3)32-33(28,29)24-16-23(15-22-11-8-18(2)27-26(22)24)21-12-9-20(10-13-21)17-31-25-7-5-6-14-30-25/h8-13,15-16,19,25H,4-7,14,17H2,1-3H3,(H,28,29). The molecule has 1 aliphatic heterocycles. The predicted molar refractivity (Wildman–Crippen MR) is 131 cm³/mol. The summed E-state index contributed by atoms with van der Waals surface area (Å²) in [5.74, 6) is 0. The van der Waals surface area contributed by atoms with Crippen LogP contribution in [0.25, 0.3) is 22.0 Å². The Morgan fingerprint density at radius 1 is 1.15 bits per heavy atom. The van der Waals surface area contributed by atoms with Crippen molar-refractivity contribution in [2.24, 2.45) is 0 Å². The van der Waals surface area contributed by atoms with Crippen LogP contribution < -0.4 is 5.30 Å². The molecule has 1 saturated heterocycles. The summed E-state index contributed by atoms with van der Waals surface area (Å²) >= 11 is 0. The minimum atomic E-state index is -4.06. The SMILES string of the molecule is CCC(C)OP(=O)(O)c1cc(-c2ccc(COC3CCCCO3)cc2)cc2ccc(C)nc12.